The van der Waals surface area contributed by atoms with Gasteiger partial charge in [0.15, 0.2) is 11.6 Å². The van der Waals surface area contributed by atoms with Crippen LogP contribution in [0, 0.1) is 11.6 Å². The fraction of sp³-hybridized carbons (Fsp3) is 0.188. The molecule has 0 aliphatic carbocycles. The highest BCUT2D eigenvalue weighted by atomic mass is 32.2. The van der Waals surface area contributed by atoms with E-state index in [0.717, 1.165) is 18.2 Å². The van der Waals surface area contributed by atoms with Crippen LogP contribution in [0.5, 0.6) is 11.5 Å². The topological polar surface area (TPSA) is 93.7 Å². The summed E-state index contributed by atoms with van der Waals surface area (Å²) in [5.41, 5.74) is -0.00735. The molecule has 0 aliphatic heterocycles. The molecule has 7 nitrogen and oxygen atoms in total. The Balaban J connectivity index is 2.10. The van der Waals surface area contributed by atoms with Gasteiger partial charge in [-0.15, -0.1) is 0 Å². The van der Waals surface area contributed by atoms with Crippen molar-refractivity contribution >= 4 is 21.6 Å². The van der Waals surface area contributed by atoms with E-state index in [1.165, 1.54) is 32.4 Å². The van der Waals surface area contributed by atoms with Gasteiger partial charge in [0.2, 0.25) is 15.9 Å². The van der Waals surface area contributed by atoms with Crippen molar-refractivity contribution in [2.45, 2.75) is 4.90 Å². The Labute approximate surface area is 149 Å². The van der Waals surface area contributed by atoms with Crippen LogP contribution >= 0.6 is 0 Å². The van der Waals surface area contributed by atoms with Crippen LogP contribution in [0.4, 0.5) is 14.5 Å². The number of nitrogens with one attached hydrogen (secondary N) is 2. The van der Waals surface area contributed by atoms with Gasteiger partial charge in [-0.3, -0.25) is 4.79 Å². The molecule has 0 bridgehead atoms. The summed E-state index contributed by atoms with van der Waals surface area (Å²) in [6.45, 7) is -0.623. The number of sulfonamides is 1. The lowest BCUT2D eigenvalue weighted by atomic mass is 10.3. The lowest BCUT2D eigenvalue weighted by molar-refractivity contribution is -0.115. The molecule has 2 aromatic rings. The van der Waals surface area contributed by atoms with Crippen LogP contribution in [0.25, 0.3) is 0 Å². The molecule has 0 saturated carbocycles. The van der Waals surface area contributed by atoms with Gasteiger partial charge in [0.1, 0.15) is 16.4 Å². The number of rotatable bonds is 7. The second kappa shape index (κ2) is 8.11. The smallest absolute Gasteiger partial charge is 0.244 e. The molecule has 10 heteroatoms. The molecule has 0 radical (unpaired) electrons. The van der Waals surface area contributed by atoms with Crippen molar-refractivity contribution < 1.29 is 31.5 Å². The van der Waals surface area contributed by atoms with Crippen molar-refractivity contribution in [2.75, 3.05) is 26.1 Å². The molecule has 0 spiro atoms. The van der Waals surface area contributed by atoms with E-state index >= 15 is 0 Å². The largest absolute Gasteiger partial charge is 0.497 e. The van der Waals surface area contributed by atoms with E-state index in [9.17, 15) is 22.0 Å². The lowest BCUT2D eigenvalue weighted by Crippen LogP contribution is -2.33. The first-order valence-corrected chi connectivity index (χ1v) is 8.71. The summed E-state index contributed by atoms with van der Waals surface area (Å²) in [5, 5.41) is 2.26. The summed E-state index contributed by atoms with van der Waals surface area (Å²) in [6.07, 6.45) is 0. The van der Waals surface area contributed by atoms with Crippen LogP contribution in [-0.2, 0) is 14.8 Å². The maximum Gasteiger partial charge on any atom is 0.244 e. The quantitative estimate of drug-likeness (QED) is 0.758. The molecule has 0 saturated heterocycles. The molecular formula is C16H16F2N2O5S. The summed E-state index contributed by atoms with van der Waals surface area (Å²) in [5.74, 6) is -2.60. The fourth-order valence-electron chi connectivity index (χ4n) is 2.01. The third kappa shape index (κ3) is 4.67. The Bertz CT molecular complexity index is 919. The zero-order valence-electron chi connectivity index (χ0n) is 13.9. The molecule has 0 aromatic heterocycles. The molecule has 0 heterocycles. The molecule has 2 rings (SSSR count). The molecule has 2 aromatic carbocycles. The summed E-state index contributed by atoms with van der Waals surface area (Å²) >= 11 is 0. The third-order valence-electron chi connectivity index (χ3n) is 3.29. The molecule has 140 valence electrons. The molecule has 26 heavy (non-hydrogen) atoms. The van der Waals surface area contributed by atoms with Gasteiger partial charge >= 0.3 is 0 Å². The third-order valence-corrected chi connectivity index (χ3v) is 4.71. The number of carbonyl (C=O) groups excluding carboxylic acids is 1. The first kappa shape index (κ1) is 19.6. The van der Waals surface area contributed by atoms with Gasteiger partial charge in [0.25, 0.3) is 0 Å². The van der Waals surface area contributed by atoms with Crippen molar-refractivity contribution in [3.8, 4) is 11.5 Å². The van der Waals surface area contributed by atoms with Gasteiger partial charge in [-0.1, -0.05) is 0 Å². The van der Waals surface area contributed by atoms with Crippen LogP contribution < -0.4 is 19.5 Å². The predicted octanol–water partition coefficient (Wildman–Crippen LogP) is 1.90. The monoisotopic (exact) mass is 386 g/mol. The molecular weight excluding hydrogens is 370 g/mol. The second-order valence-electron chi connectivity index (χ2n) is 5.02. The molecule has 0 unspecified atom stereocenters. The number of hydrogen-bond donors (Lipinski definition) is 2. The second-order valence-corrected chi connectivity index (χ2v) is 6.75. The zero-order valence-corrected chi connectivity index (χ0v) is 14.7. The summed E-state index contributed by atoms with van der Waals surface area (Å²) in [6, 6.07) is 6.95. The van der Waals surface area contributed by atoms with Crippen molar-refractivity contribution in [1.82, 2.24) is 4.72 Å². The Morgan fingerprint density at radius 1 is 1.04 bits per heavy atom. The standard InChI is InChI=1S/C16H16F2N2O5S/c1-24-11-4-6-14(25-2)15(8-11)26(22,23)19-9-16(21)20-10-3-5-12(17)13(18)7-10/h3-8,19H,9H2,1-2H3,(H,20,21). The van der Waals surface area contributed by atoms with E-state index in [1.807, 2.05) is 0 Å². The van der Waals surface area contributed by atoms with Gasteiger partial charge < -0.3 is 14.8 Å². The molecule has 0 atom stereocenters. The summed E-state index contributed by atoms with van der Waals surface area (Å²) in [4.78, 5) is 11.6. The van der Waals surface area contributed by atoms with E-state index in [0.29, 0.717) is 0 Å². The van der Waals surface area contributed by atoms with Gasteiger partial charge in [-0.25, -0.2) is 21.9 Å². The zero-order chi connectivity index (χ0) is 19.3. The number of amides is 1. The van der Waals surface area contributed by atoms with Crippen molar-refractivity contribution in [3.05, 3.63) is 48.0 Å². The summed E-state index contributed by atoms with van der Waals surface area (Å²) < 4.78 is 62.9. The van der Waals surface area contributed by atoms with E-state index in [1.54, 1.807) is 0 Å². The maximum absolute atomic E-state index is 13.1. The highest BCUT2D eigenvalue weighted by Gasteiger charge is 2.21. The van der Waals surface area contributed by atoms with Gasteiger partial charge in [0, 0.05) is 17.8 Å². The predicted molar refractivity (Wildman–Crippen MR) is 89.7 cm³/mol. The van der Waals surface area contributed by atoms with Crippen LogP contribution in [0.2, 0.25) is 0 Å². The fourth-order valence-corrected chi connectivity index (χ4v) is 3.18. The number of halogens is 2. The minimum absolute atomic E-state index is 0.00735. The molecule has 2 N–H and O–H groups in total. The number of ether oxygens (including phenoxy) is 2. The number of hydrogen-bond acceptors (Lipinski definition) is 5. The van der Waals surface area contributed by atoms with Crippen molar-refractivity contribution in [3.63, 3.8) is 0 Å². The van der Waals surface area contributed by atoms with E-state index in [4.69, 9.17) is 9.47 Å². The van der Waals surface area contributed by atoms with Gasteiger partial charge in [-0.05, 0) is 24.3 Å². The Morgan fingerprint density at radius 3 is 2.38 bits per heavy atom. The minimum atomic E-state index is -4.09. The number of anilines is 1. The number of methoxy groups -OCH3 is 2. The van der Waals surface area contributed by atoms with E-state index in [-0.39, 0.29) is 22.1 Å². The highest BCUT2D eigenvalue weighted by Crippen LogP contribution is 2.27. The molecule has 0 aliphatic rings. The van der Waals surface area contributed by atoms with E-state index in [2.05, 4.69) is 10.0 Å². The van der Waals surface area contributed by atoms with E-state index < -0.39 is 34.1 Å². The Morgan fingerprint density at radius 2 is 1.77 bits per heavy atom. The first-order chi connectivity index (χ1) is 12.3. The maximum atomic E-state index is 13.1. The Kier molecular flexibility index (Phi) is 6.11. The van der Waals surface area contributed by atoms with Crippen molar-refractivity contribution in [1.29, 1.82) is 0 Å². The lowest BCUT2D eigenvalue weighted by Gasteiger charge is -2.12. The SMILES string of the molecule is COc1ccc(OC)c(S(=O)(=O)NCC(=O)Nc2ccc(F)c(F)c2)c1. The normalized spacial score (nSPS) is 11.1. The van der Waals surface area contributed by atoms with Crippen LogP contribution in [-0.4, -0.2) is 35.1 Å². The van der Waals surface area contributed by atoms with Crippen LogP contribution in [0.3, 0.4) is 0 Å². The van der Waals surface area contributed by atoms with Gasteiger partial charge in [-0.2, -0.15) is 0 Å². The highest BCUT2D eigenvalue weighted by molar-refractivity contribution is 7.89. The van der Waals surface area contributed by atoms with Crippen molar-refractivity contribution in [2.24, 2.45) is 0 Å². The molecule has 1 amide bonds. The minimum Gasteiger partial charge on any atom is -0.497 e. The number of benzene rings is 2. The molecule has 0 fully saturated rings. The number of carbonyl (C=O) groups is 1. The summed E-state index contributed by atoms with van der Waals surface area (Å²) in [7, 11) is -1.41. The van der Waals surface area contributed by atoms with Crippen LogP contribution in [0.15, 0.2) is 41.3 Å². The Hall–Kier alpha value is -2.72. The average Bonchev–Trinajstić information content (AvgIpc) is 2.62. The average molecular weight is 386 g/mol. The van der Waals surface area contributed by atoms with Gasteiger partial charge in [0.05, 0.1) is 20.8 Å². The first-order valence-electron chi connectivity index (χ1n) is 7.23. The van der Waals surface area contributed by atoms with Crippen LogP contribution in [0.1, 0.15) is 0 Å².